The highest BCUT2D eigenvalue weighted by Gasteiger charge is 2.44. The normalized spacial score (nSPS) is 16.7. The number of thiazole rings is 1. The van der Waals surface area contributed by atoms with Gasteiger partial charge in [0.1, 0.15) is 17.8 Å². The number of aromatic nitrogens is 3. The average Bonchev–Trinajstić information content (AvgIpc) is 3.79. The Labute approximate surface area is 325 Å². The maximum Gasteiger partial charge on any atom is 0.246 e. The fourth-order valence-corrected chi connectivity index (χ4v) is 7.72. The van der Waals surface area contributed by atoms with Gasteiger partial charge in [-0.05, 0) is 72.6 Å². The second kappa shape index (κ2) is 16.9. The Morgan fingerprint density at radius 2 is 1.67 bits per heavy atom. The lowest BCUT2D eigenvalue weighted by atomic mass is 9.85. The van der Waals surface area contributed by atoms with Crippen LogP contribution in [0.15, 0.2) is 90.6 Å². The Hall–Kier alpha value is -5.46. The van der Waals surface area contributed by atoms with Crippen molar-refractivity contribution in [3.8, 4) is 38.6 Å². The van der Waals surface area contributed by atoms with Crippen LogP contribution in [0.25, 0.3) is 32.8 Å². The number of benzene rings is 3. The Kier molecular flexibility index (Phi) is 12.1. The number of aromatic hydroxyl groups is 1. The number of aryl methyl sites for hydroxylation is 2. The van der Waals surface area contributed by atoms with E-state index >= 15 is 0 Å². The van der Waals surface area contributed by atoms with E-state index in [0.29, 0.717) is 24.1 Å². The predicted octanol–water partition coefficient (Wildman–Crippen LogP) is 6.64. The van der Waals surface area contributed by atoms with Crippen LogP contribution in [0, 0.1) is 12.3 Å². The van der Waals surface area contributed by atoms with Crippen molar-refractivity contribution < 1.29 is 24.6 Å². The predicted molar refractivity (Wildman–Crippen MR) is 214 cm³/mol. The van der Waals surface area contributed by atoms with Crippen LogP contribution in [0.2, 0.25) is 0 Å². The molecule has 1 aliphatic rings. The molecule has 3 aromatic carbocycles. The van der Waals surface area contributed by atoms with Gasteiger partial charge in [-0.2, -0.15) is 10.2 Å². The largest absolute Gasteiger partial charge is 0.507 e. The molecule has 12 heteroatoms. The Morgan fingerprint density at radius 3 is 2.35 bits per heavy atom. The number of aliphatic hydroxyl groups excluding tert-OH is 1. The van der Waals surface area contributed by atoms with Gasteiger partial charge in [0.2, 0.25) is 17.7 Å². The number of likely N-dealkylation sites (tertiary alicyclic amines) is 1. The zero-order chi connectivity index (χ0) is 39.3. The van der Waals surface area contributed by atoms with Crippen molar-refractivity contribution in [1.29, 1.82) is 0 Å². The van der Waals surface area contributed by atoms with Crippen molar-refractivity contribution in [2.45, 2.75) is 84.5 Å². The Bertz CT molecular complexity index is 2130. The van der Waals surface area contributed by atoms with Crippen molar-refractivity contribution in [2.24, 2.45) is 5.41 Å². The summed E-state index contributed by atoms with van der Waals surface area (Å²) in [6, 6.07) is 22.8. The molecule has 1 saturated heterocycles. The van der Waals surface area contributed by atoms with Gasteiger partial charge in [-0.25, -0.2) is 4.98 Å². The number of para-hydroxylation sites is 1. The summed E-state index contributed by atoms with van der Waals surface area (Å²) >= 11 is 1.58. The zero-order valence-electron chi connectivity index (χ0n) is 31.8. The smallest absolute Gasteiger partial charge is 0.246 e. The number of nitrogens with one attached hydrogen (secondary N) is 2. The summed E-state index contributed by atoms with van der Waals surface area (Å²) in [5.41, 5.74) is 8.17. The number of phenolic OH excluding ortho intramolecular Hbond substituents is 1. The van der Waals surface area contributed by atoms with E-state index in [4.69, 9.17) is 0 Å². The summed E-state index contributed by atoms with van der Waals surface area (Å²) in [5.74, 6) is -0.849. The SMILES string of the molecule is Cc1ncsc1-c1ccc([C@H](C)NC(=O)[C@@H]2C[C@@H](O)CN2C(=O)[C@@H](NC(=O)CCCc2ccc(-c3cnnc(-c4ccccc4O)c3)cc2)C(C)(C)C)cc1. The fraction of sp³-hybridized carbons (Fsp3) is 0.349. The van der Waals surface area contributed by atoms with Crippen molar-refractivity contribution in [2.75, 3.05) is 6.54 Å². The molecule has 4 N–H and O–H groups in total. The zero-order valence-corrected chi connectivity index (χ0v) is 32.6. The summed E-state index contributed by atoms with van der Waals surface area (Å²) in [4.78, 5) is 47.8. The van der Waals surface area contributed by atoms with Gasteiger partial charge in [0.15, 0.2) is 0 Å². The molecule has 6 rings (SSSR count). The molecule has 5 aromatic rings. The van der Waals surface area contributed by atoms with E-state index in [-0.39, 0.29) is 48.9 Å². The highest BCUT2D eigenvalue weighted by atomic mass is 32.1. The molecule has 55 heavy (non-hydrogen) atoms. The van der Waals surface area contributed by atoms with Crippen LogP contribution >= 0.6 is 11.3 Å². The molecule has 3 amide bonds. The van der Waals surface area contributed by atoms with Crippen LogP contribution in [0.1, 0.15) is 69.8 Å². The Morgan fingerprint density at radius 1 is 0.964 bits per heavy atom. The van der Waals surface area contributed by atoms with Crippen molar-refractivity contribution in [3.63, 3.8) is 0 Å². The molecule has 11 nitrogen and oxygen atoms in total. The summed E-state index contributed by atoms with van der Waals surface area (Å²) in [6.45, 7) is 9.51. The number of carbonyl (C=O) groups is 3. The quantitative estimate of drug-likeness (QED) is 0.110. The number of nitrogens with zero attached hydrogens (tertiary/aromatic N) is 4. The standard InChI is InChI=1S/C43H48N6O5S/c1-26(29-17-19-31(20-18-29)39-27(2)44-25-55-39)46-41(53)36-22-33(50)24-49(36)42(54)40(43(3,4)5)47-38(52)12-8-9-28-13-15-30(16-14-28)32-21-35(48-45-23-32)34-10-6-7-11-37(34)51/h6-7,10-11,13-21,23,25-26,33,36,40,50-51H,8-9,12,22,24H2,1-5H3,(H,46,53)(H,47,52)/t26-,33+,36-,40+/m0/s1. The molecule has 0 unspecified atom stereocenters. The first-order valence-electron chi connectivity index (χ1n) is 18.6. The van der Waals surface area contributed by atoms with Gasteiger partial charge in [-0.3, -0.25) is 14.4 Å². The Balaban J connectivity index is 1.03. The van der Waals surface area contributed by atoms with Crippen LogP contribution in [0.3, 0.4) is 0 Å². The van der Waals surface area contributed by atoms with E-state index in [1.165, 1.54) is 4.90 Å². The van der Waals surface area contributed by atoms with Crippen LogP contribution in [0.4, 0.5) is 0 Å². The van der Waals surface area contributed by atoms with Crippen LogP contribution in [-0.2, 0) is 20.8 Å². The molecule has 3 heterocycles. The first-order chi connectivity index (χ1) is 26.3. The van der Waals surface area contributed by atoms with E-state index < -0.39 is 23.6 Å². The number of amides is 3. The van der Waals surface area contributed by atoms with Crippen molar-refractivity contribution in [1.82, 2.24) is 30.7 Å². The fourth-order valence-electron chi connectivity index (χ4n) is 6.91. The molecular formula is C43H48N6O5S. The highest BCUT2D eigenvalue weighted by molar-refractivity contribution is 7.13. The second-order valence-corrected chi connectivity index (χ2v) is 16.1. The van der Waals surface area contributed by atoms with Gasteiger partial charge in [0.25, 0.3) is 0 Å². The minimum atomic E-state index is -0.892. The molecule has 0 radical (unpaired) electrons. The maximum absolute atomic E-state index is 14.1. The number of aliphatic hydroxyl groups is 1. The van der Waals surface area contributed by atoms with Gasteiger partial charge in [0.05, 0.1) is 40.1 Å². The minimum Gasteiger partial charge on any atom is -0.507 e. The second-order valence-electron chi connectivity index (χ2n) is 15.3. The molecule has 0 saturated carbocycles. The van der Waals surface area contributed by atoms with E-state index in [1.807, 2.05) is 101 Å². The number of carbonyl (C=O) groups excluding carboxylic acids is 3. The number of hydrogen-bond acceptors (Lipinski definition) is 9. The summed E-state index contributed by atoms with van der Waals surface area (Å²) in [6.07, 6.45) is 2.39. The molecule has 0 spiro atoms. The summed E-state index contributed by atoms with van der Waals surface area (Å²) < 4.78 is 0. The van der Waals surface area contributed by atoms with Crippen molar-refractivity contribution in [3.05, 3.63) is 107 Å². The van der Waals surface area contributed by atoms with E-state index in [2.05, 4.69) is 25.8 Å². The van der Waals surface area contributed by atoms with Crippen molar-refractivity contribution >= 4 is 29.1 Å². The molecular weight excluding hydrogens is 713 g/mol. The van der Waals surface area contributed by atoms with E-state index in [9.17, 15) is 24.6 Å². The number of rotatable bonds is 12. The lowest BCUT2D eigenvalue weighted by molar-refractivity contribution is -0.144. The molecule has 1 aliphatic heterocycles. The lowest BCUT2D eigenvalue weighted by Gasteiger charge is -2.35. The van der Waals surface area contributed by atoms with Gasteiger partial charge < -0.3 is 25.7 Å². The molecule has 286 valence electrons. The van der Waals surface area contributed by atoms with E-state index in [0.717, 1.165) is 38.4 Å². The van der Waals surface area contributed by atoms with Crippen LogP contribution in [0.5, 0.6) is 5.75 Å². The lowest BCUT2D eigenvalue weighted by Crippen LogP contribution is -2.57. The maximum atomic E-state index is 14.1. The number of phenols is 1. The van der Waals surface area contributed by atoms with Crippen LogP contribution < -0.4 is 10.6 Å². The summed E-state index contributed by atoms with van der Waals surface area (Å²) in [7, 11) is 0. The van der Waals surface area contributed by atoms with Gasteiger partial charge in [-0.1, -0.05) is 81.4 Å². The number of hydrogen-bond donors (Lipinski definition) is 4. The third kappa shape index (κ3) is 9.44. The minimum absolute atomic E-state index is 0.0121. The first-order valence-corrected chi connectivity index (χ1v) is 19.5. The van der Waals surface area contributed by atoms with Gasteiger partial charge in [0, 0.05) is 30.5 Å². The monoisotopic (exact) mass is 760 g/mol. The highest BCUT2D eigenvalue weighted by Crippen LogP contribution is 2.31. The van der Waals surface area contributed by atoms with Gasteiger partial charge >= 0.3 is 0 Å². The average molecular weight is 761 g/mol. The van der Waals surface area contributed by atoms with Crippen LogP contribution in [-0.4, -0.2) is 72.7 Å². The molecule has 2 aromatic heterocycles. The third-order valence-electron chi connectivity index (χ3n) is 10.1. The topological polar surface area (TPSA) is 158 Å². The van der Waals surface area contributed by atoms with Gasteiger partial charge in [-0.15, -0.1) is 11.3 Å². The molecule has 4 atom stereocenters. The first kappa shape index (κ1) is 39.2. The third-order valence-corrected chi connectivity index (χ3v) is 11.0. The van der Waals surface area contributed by atoms with E-state index in [1.54, 1.807) is 35.7 Å². The molecule has 1 fully saturated rings. The summed E-state index contributed by atoms with van der Waals surface area (Å²) in [5, 5.41) is 35.2. The number of β-amino-alcohol motifs (C(OH)–C–C–N with tert-alkyl or cyclic N) is 1. The molecule has 0 aliphatic carbocycles. The molecule has 0 bridgehead atoms.